The van der Waals surface area contributed by atoms with Gasteiger partial charge in [-0.05, 0) is 7.05 Å². The monoisotopic (exact) mass is 237 g/mol. The SMILES string of the molecule is CN1CCN(CCNc2cn[nH]c(=O)c2)CC1. The van der Waals surface area contributed by atoms with E-state index in [2.05, 4.69) is 32.4 Å². The van der Waals surface area contributed by atoms with Gasteiger partial charge in [0.2, 0.25) is 0 Å². The lowest BCUT2D eigenvalue weighted by atomic mass is 10.3. The largest absolute Gasteiger partial charge is 0.382 e. The number of rotatable bonds is 4. The molecule has 0 bridgehead atoms. The summed E-state index contributed by atoms with van der Waals surface area (Å²) in [6.07, 6.45) is 1.63. The summed E-state index contributed by atoms with van der Waals surface area (Å²) < 4.78 is 0. The highest BCUT2D eigenvalue weighted by atomic mass is 16.1. The standard InChI is InChI=1S/C11H19N5O/c1-15-4-6-16(7-5-15)3-2-12-10-8-11(17)14-13-9-10/h8-9H,2-7H2,1H3,(H2,12,14,17). The molecule has 17 heavy (non-hydrogen) atoms. The Balaban J connectivity index is 1.71. The van der Waals surface area contributed by atoms with Gasteiger partial charge >= 0.3 is 0 Å². The molecule has 6 heteroatoms. The average molecular weight is 237 g/mol. The van der Waals surface area contributed by atoms with E-state index in [4.69, 9.17) is 0 Å². The first-order valence-electron chi connectivity index (χ1n) is 5.93. The molecule has 1 aromatic heterocycles. The molecule has 1 aromatic rings. The summed E-state index contributed by atoms with van der Waals surface area (Å²) in [5.74, 6) is 0. The molecule has 0 amide bonds. The highest BCUT2D eigenvalue weighted by molar-refractivity contribution is 5.38. The minimum absolute atomic E-state index is 0.172. The number of hydrogen-bond acceptors (Lipinski definition) is 5. The van der Waals surface area contributed by atoms with Crippen LogP contribution in [0, 0.1) is 0 Å². The molecule has 1 saturated heterocycles. The fraction of sp³-hybridized carbons (Fsp3) is 0.636. The van der Waals surface area contributed by atoms with Gasteiger partial charge in [0.15, 0.2) is 0 Å². The smallest absolute Gasteiger partial charge is 0.266 e. The van der Waals surface area contributed by atoms with Crippen LogP contribution >= 0.6 is 0 Å². The third-order valence-corrected chi connectivity index (χ3v) is 3.02. The normalized spacial score (nSPS) is 18.2. The van der Waals surface area contributed by atoms with Crippen molar-refractivity contribution in [3.05, 3.63) is 22.6 Å². The van der Waals surface area contributed by atoms with Gasteiger partial charge in [-0.15, -0.1) is 0 Å². The zero-order valence-corrected chi connectivity index (χ0v) is 10.1. The molecule has 0 spiro atoms. The molecular formula is C11H19N5O. The third-order valence-electron chi connectivity index (χ3n) is 3.02. The van der Waals surface area contributed by atoms with E-state index in [9.17, 15) is 4.79 Å². The number of aromatic nitrogens is 2. The van der Waals surface area contributed by atoms with Crippen LogP contribution in [-0.4, -0.2) is 66.3 Å². The van der Waals surface area contributed by atoms with Crippen LogP contribution in [0.5, 0.6) is 0 Å². The van der Waals surface area contributed by atoms with Gasteiger partial charge in [-0.3, -0.25) is 9.69 Å². The fourth-order valence-corrected chi connectivity index (χ4v) is 1.90. The Morgan fingerprint density at radius 3 is 2.88 bits per heavy atom. The Kier molecular flexibility index (Phi) is 4.11. The topological polar surface area (TPSA) is 64.3 Å². The lowest BCUT2D eigenvalue weighted by Gasteiger charge is -2.32. The van der Waals surface area contributed by atoms with Crippen LogP contribution in [0.15, 0.2) is 17.1 Å². The minimum atomic E-state index is -0.172. The van der Waals surface area contributed by atoms with E-state index in [0.717, 1.165) is 45.0 Å². The van der Waals surface area contributed by atoms with E-state index in [0.29, 0.717) is 0 Å². The molecule has 0 aromatic carbocycles. The van der Waals surface area contributed by atoms with Gasteiger partial charge in [0.25, 0.3) is 5.56 Å². The van der Waals surface area contributed by atoms with Crippen molar-refractivity contribution < 1.29 is 0 Å². The average Bonchev–Trinajstić information content (AvgIpc) is 2.32. The summed E-state index contributed by atoms with van der Waals surface area (Å²) in [5, 5.41) is 9.30. The first-order chi connectivity index (χ1) is 8.24. The van der Waals surface area contributed by atoms with Gasteiger partial charge in [0, 0.05) is 45.3 Å². The van der Waals surface area contributed by atoms with Gasteiger partial charge in [0.05, 0.1) is 11.9 Å². The summed E-state index contributed by atoms with van der Waals surface area (Å²) in [6.45, 7) is 6.34. The molecule has 0 unspecified atom stereocenters. The Morgan fingerprint density at radius 2 is 2.18 bits per heavy atom. The zero-order valence-electron chi connectivity index (χ0n) is 10.1. The zero-order chi connectivity index (χ0) is 12.1. The number of hydrogen-bond donors (Lipinski definition) is 2. The van der Waals surface area contributed by atoms with E-state index >= 15 is 0 Å². The molecule has 2 rings (SSSR count). The number of anilines is 1. The minimum Gasteiger partial charge on any atom is -0.382 e. The van der Waals surface area contributed by atoms with Crippen LogP contribution in [0.4, 0.5) is 5.69 Å². The van der Waals surface area contributed by atoms with Crippen molar-refractivity contribution in [2.24, 2.45) is 0 Å². The Labute approximate surface area is 101 Å². The van der Waals surface area contributed by atoms with Crippen LogP contribution < -0.4 is 10.9 Å². The fourth-order valence-electron chi connectivity index (χ4n) is 1.90. The highest BCUT2D eigenvalue weighted by Gasteiger charge is 2.12. The Bertz CT molecular complexity index is 397. The molecule has 1 aliphatic heterocycles. The molecule has 1 aliphatic rings. The van der Waals surface area contributed by atoms with Crippen molar-refractivity contribution in [1.29, 1.82) is 0 Å². The van der Waals surface area contributed by atoms with Crippen LogP contribution in [0.25, 0.3) is 0 Å². The predicted molar refractivity (Wildman–Crippen MR) is 67.3 cm³/mol. The number of piperazine rings is 1. The number of nitrogens with zero attached hydrogens (tertiary/aromatic N) is 3. The molecule has 94 valence electrons. The second-order valence-corrected chi connectivity index (χ2v) is 4.41. The van der Waals surface area contributed by atoms with E-state index < -0.39 is 0 Å². The van der Waals surface area contributed by atoms with Gasteiger partial charge in [-0.2, -0.15) is 5.10 Å². The van der Waals surface area contributed by atoms with Crippen LogP contribution in [0.2, 0.25) is 0 Å². The Morgan fingerprint density at radius 1 is 1.41 bits per heavy atom. The summed E-state index contributed by atoms with van der Waals surface area (Å²) in [6, 6.07) is 1.52. The van der Waals surface area contributed by atoms with Crippen LogP contribution in [-0.2, 0) is 0 Å². The van der Waals surface area contributed by atoms with E-state index in [1.54, 1.807) is 6.20 Å². The van der Waals surface area contributed by atoms with Gasteiger partial charge < -0.3 is 10.2 Å². The van der Waals surface area contributed by atoms with Gasteiger partial charge in [-0.25, -0.2) is 5.10 Å². The maximum absolute atomic E-state index is 11.0. The number of likely N-dealkylation sites (N-methyl/N-ethyl adjacent to an activating group) is 1. The van der Waals surface area contributed by atoms with Crippen molar-refractivity contribution in [1.82, 2.24) is 20.0 Å². The number of H-pyrrole nitrogens is 1. The first kappa shape index (κ1) is 12.1. The van der Waals surface area contributed by atoms with Gasteiger partial charge in [-0.1, -0.05) is 0 Å². The van der Waals surface area contributed by atoms with Crippen LogP contribution in [0.1, 0.15) is 0 Å². The maximum atomic E-state index is 11.0. The molecule has 2 heterocycles. The third kappa shape index (κ3) is 3.83. The molecule has 0 aliphatic carbocycles. The van der Waals surface area contributed by atoms with Crippen molar-refractivity contribution >= 4 is 5.69 Å². The predicted octanol–water partition coefficient (Wildman–Crippen LogP) is -0.571. The molecule has 0 saturated carbocycles. The maximum Gasteiger partial charge on any atom is 0.266 e. The molecule has 0 atom stereocenters. The van der Waals surface area contributed by atoms with Gasteiger partial charge in [0.1, 0.15) is 0 Å². The quantitative estimate of drug-likeness (QED) is 0.734. The molecule has 0 radical (unpaired) electrons. The van der Waals surface area contributed by atoms with E-state index in [1.807, 2.05) is 0 Å². The van der Waals surface area contributed by atoms with Crippen LogP contribution in [0.3, 0.4) is 0 Å². The summed E-state index contributed by atoms with van der Waals surface area (Å²) in [4.78, 5) is 15.8. The van der Waals surface area contributed by atoms with E-state index in [-0.39, 0.29) is 5.56 Å². The van der Waals surface area contributed by atoms with Crippen molar-refractivity contribution in [3.8, 4) is 0 Å². The molecular weight excluding hydrogens is 218 g/mol. The summed E-state index contributed by atoms with van der Waals surface area (Å²) in [7, 11) is 2.15. The number of nitrogens with one attached hydrogen (secondary N) is 2. The molecule has 6 nitrogen and oxygen atoms in total. The number of aromatic amines is 1. The lowest BCUT2D eigenvalue weighted by Crippen LogP contribution is -2.45. The molecule has 2 N–H and O–H groups in total. The second kappa shape index (κ2) is 5.79. The summed E-state index contributed by atoms with van der Waals surface area (Å²) in [5.41, 5.74) is 0.609. The van der Waals surface area contributed by atoms with Crippen molar-refractivity contribution in [2.75, 3.05) is 51.6 Å². The van der Waals surface area contributed by atoms with Crippen molar-refractivity contribution in [3.63, 3.8) is 0 Å². The second-order valence-electron chi connectivity index (χ2n) is 4.41. The lowest BCUT2D eigenvalue weighted by molar-refractivity contribution is 0.158. The Hall–Kier alpha value is -1.40. The van der Waals surface area contributed by atoms with E-state index in [1.165, 1.54) is 6.07 Å². The first-order valence-corrected chi connectivity index (χ1v) is 5.93. The highest BCUT2D eigenvalue weighted by Crippen LogP contribution is 2.00. The van der Waals surface area contributed by atoms with Crippen molar-refractivity contribution in [2.45, 2.75) is 0 Å². The summed E-state index contributed by atoms with van der Waals surface area (Å²) >= 11 is 0. The molecule has 1 fully saturated rings.